The third-order valence-corrected chi connectivity index (χ3v) is 2.80. The first-order valence-corrected chi connectivity index (χ1v) is 5.50. The molecule has 14 heavy (non-hydrogen) atoms. The molecule has 0 bridgehead atoms. The Morgan fingerprint density at radius 3 is 1.71 bits per heavy atom. The fraction of sp³-hybridized carbons (Fsp3) is 0.667. The van der Waals surface area contributed by atoms with Gasteiger partial charge in [-0.1, -0.05) is 24.3 Å². The molecule has 0 radical (unpaired) electrons. The molecule has 2 atom stereocenters. The summed E-state index contributed by atoms with van der Waals surface area (Å²) in [6, 6.07) is 0. The van der Waals surface area contributed by atoms with Gasteiger partial charge in [-0.3, -0.25) is 0 Å². The Labute approximate surface area is 85.6 Å². The molecule has 0 saturated heterocycles. The third kappa shape index (κ3) is 2.69. The van der Waals surface area contributed by atoms with Crippen LogP contribution < -0.4 is 0 Å². The molecule has 0 amide bonds. The van der Waals surface area contributed by atoms with Gasteiger partial charge in [-0.15, -0.1) is 0 Å². The summed E-state index contributed by atoms with van der Waals surface area (Å²) in [5.74, 6) is 0. The molecule has 2 heteroatoms. The molecule has 0 fully saturated rings. The van der Waals surface area contributed by atoms with Crippen molar-refractivity contribution in [3.63, 3.8) is 0 Å². The number of hydrogen-bond acceptors (Lipinski definition) is 2. The minimum Gasteiger partial charge on any atom is -0.371 e. The Hall–Kier alpha value is -0.600. The number of allylic oxidation sites excluding steroid dienone is 2. The maximum absolute atomic E-state index is 5.76. The highest BCUT2D eigenvalue weighted by Gasteiger charge is 2.23. The van der Waals surface area contributed by atoms with E-state index in [9.17, 15) is 0 Å². The van der Waals surface area contributed by atoms with E-state index < -0.39 is 0 Å². The maximum atomic E-state index is 5.76. The zero-order valence-corrected chi connectivity index (χ0v) is 8.52. The van der Waals surface area contributed by atoms with Crippen molar-refractivity contribution < 1.29 is 9.47 Å². The molecule has 2 aliphatic heterocycles. The molecule has 0 spiro atoms. The molecular formula is C12H18O2. The van der Waals surface area contributed by atoms with Crippen LogP contribution in [0.15, 0.2) is 24.3 Å². The molecule has 2 rings (SSSR count). The second-order valence-corrected chi connectivity index (χ2v) is 3.84. The van der Waals surface area contributed by atoms with Crippen LogP contribution in [-0.2, 0) is 9.47 Å². The summed E-state index contributed by atoms with van der Waals surface area (Å²) >= 11 is 0. The van der Waals surface area contributed by atoms with Crippen LogP contribution in [0.25, 0.3) is 0 Å². The lowest BCUT2D eigenvalue weighted by Crippen LogP contribution is -2.31. The summed E-state index contributed by atoms with van der Waals surface area (Å²) in [6.07, 6.45) is 13.7. The van der Waals surface area contributed by atoms with E-state index in [-0.39, 0.29) is 0 Å². The van der Waals surface area contributed by atoms with Crippen molar-refractivity contribution in [1.82, 2.24) is 0 Å². The van der Waals surface area contributed by atoms with Crippen LogP contribution in [0.1, 0.15) is 25.7 Å². The molecule has 0 unspecified atom stereocenters. The highest BCUT2D eigenvalue weighted by molar-refractivity contribution is 4.91. The van der Waals surface area contributed by atoms with Crippen LogP contribution in [0.5, 0.6) is 0 Å². The number of hydrogen-bond donors (Lipinski definition) is 0. The van der Waals surface area contributed by atoms with Crippen LogP contribution in [0.2, 0.25) is 0 Å². The van der Waals surface area contributed by atoms with Crippen molar-refractivity contribution in [3.8, 4) is 0 Å². The molecule has 78 valence electrons. The molecule has 0 aliphatic carbocycles. The van der Waals surface area contributed by atoms with Gasteiger partial charge in [0.05, 0.1) is 25.4 Å². The van der Waals surface area contributed by atoms with Gasteiger partial charge in [0, 0.05) is 0 Å². The number of ether oxygens (including phenoxy) is 2. The topological polar surface area (TPSA) is 18.5 Å². The minimum absolute atomic E-state index is 0.296. The van der Waals surface area contributed by atoms with E-state index in [4.69, 9.17) is 9.47 Å². The SMILES string of the molecule is C1=CCO[C@H]([C@H]2CCC=CCO2)CC1. The quantitative estimate of drug-likeness (QED) is 0.597. The van der Waals surface area contributed by atoms with Crippen molar-refractivity contribution in [3.05, 3.63) is 24.3 Å². The Balaban J connectivity index is 1.86. The number of rotatable bonds is 1. The zero-order chi connectivity index (χ0) is 9.64. The monoisotopic (exact) mass is 194 g/mol. The Morgan fingerprint density at radius 1 is 0.714 bits per heavy atom. The summed E-state index contributed by atoms with van der Waals surface area (Å²) in [7, 11) is 0. The molecule has 0 saturated carbocycles. The summed E-state index contributed by atoms with van der Waals surface area (Å²) < 4.78 is 11.5. The lowest BCUT2D eigenvalue weighted by atomic mass is 10.0. The second-order valence-electron chi connectivity index (χ2n) is 3.84. The van der Waals surface area contributed by atoms with E-state index in [0.717, 1.165) is 38.9 Å². The standard InChI is InChI=1S/C12H18O2/c1-3-7-11(13-9-5-1)12-8-4-2-6-10-14-12/h1-2,5-6,11-12H,3-4,7-10H2/t11-,12+. The van der Waals surface area contributed by atoms with Gasteiger partial charge in [0.15, 0.2) is 0 Å². The highest BCUT2D eigenvalue weighted by atomic mass is 16.5. The second kappa shape index (κ2) is 5.32. The molecule has 2 heterocycles. The molecule has 0 aromatic heterocycles. The van der Waals surface area contributed by atoms with E-state index in [1.807, 2.05) is 0 Å². The molecule has 2 nitrogen and oxygen atoms in total. The van der Waals surface area contributed by atoms with Crippen LogP contribution in [0.3, 0.4) is 0 Å². The Morgan fingerprint density at radius 2 is 1.21 bits per heavy atom. The first-order valence-electron chi connectivity index (χ1n) is 5.50. The molecular weight excluding hydrogens is 176 g/mol. The van der Waals surface area contributed by atoms with Gasteiger partial charge in [0.1, 0.15) is 0 Å². The average molecular weight is 194 g/mol. The highest BCUT2D eigenvalue weighted by Crippen LogP contribution is 2.20. The molecule has 0 aromatic carbocycles. The molecule has 0 aromatic rings. The van der Waals surface area contributed by atoms with Gasteiger partial charge in [-0.2, -0.15) is 0 Å². The van der Waals surface area contributed by atoms with Crippen LogP contribution in [-0.4, -0.2) is 25.4 Å². The van der Waals surface area contributed by atoms with Gasteiger partial charge in [0.25, 0.3) is 0 Å². The van der Waals surface area contributed by atoms with Crippen molar-refractivity contribution in [2.24, 2.45) is 0 Å². The van der Waals surface area contributed by atoms with Gasteiger partial charge in [-0.05, 0) is 25.7 Å². The zero-order valence-electron chi connectivity index (χ0n) is 8.52. The van der Waals surface area contributed by atoms with Gasteiger partial charge in [0.2, 0.25) is 0 Å². The normalized spacial score (nSPS) is 33.7. The maximum Gasteiger partial charge on any atom is 0.0844 e. The van der Waals surface area contributed by atoms with E-state index in [2.05, 4.69) is 24.3 Å². The predicted octanol–water partition coefficient (Wildman–Crippen LogP) is 2.46. The summed E-state index contributed by atoms with van der Waals surface area (Å²) in [4.78, 5) is 0. The third-order valence-electron chi connectivity index (χ3n) is 2.80. The van der Waals surface area contributed by atoms with Crippen molar-refractivity contribution in [2.75, 3.05) is 13.2 Å². The van der Waals surface area contributed by atoms with E-state index in [0.29, 0.717) is 12.2 Å². The molecule has 0 N–H and O–H groups in total. The Kier molecular flexibility index (Phi) is 3.78. The largest absolute Gasteiger partial charge is 0.371 e. The minimum atomic E-state index is 0.296. The van der Waals surface area contributed by atoms with Gasteiger partial charge < -0.3 is 9.47 Å². The van der Waals surface area contributed by atoms with Crippen molar-refractivity contribution in [2.45, 2.75) is 37.9 Å². The van der Waals surface area contributed by atoms with Crippen LogP contribution >= 0.6 is 0 Å². The van der Waals surface area contributed by atoms with E-state index in [1.54, 1.807) is 0 Å². The molecule has 2 aliphatic rings. The predicted molar refractivity (Wildman–Crippen MR) is 56.2 cm³/mol. The summed E-state index contributed by atoms with van der Waals surface area (Å²) in [5.41, 5.74) is 0. The lowest BCUT2D eigenvalue weighted by molar-refractivity contribution is -0.0603. The smallest absolute Gasteiger partial charge is 0.0844 e. The van der Waals surface area contributed by atoms with E-state index >= 15 is 0 Å². The van der Waals surface area contributed by atoms with Crippen LogP contribution in [0.4, 0.5) is 0 Å². The van der Waals surface area contributed by atoms with Crippen molar-refractivity contribution >= 4 is 0 Å². The van der Waals surface area contributed by atoms with Crippen LogP contribution in [0, 0.1) is 0 Å². The average Bonchev–Trinajstić information content (AvgIpc) is 2.62. The fourth-order valence-electron chi connectivity index (χ4n) is 2.00. The van der Waals surface area contributed by atoms with E-state index in [1.165, 1.54) is 0 Å². The first kappa shape index (κ1) is 9.94. The first-order chi connectivity index (χ1) is 6.97. The lowest BCUT2D eigenvalue weighted by Gasteiger charge is -2.24. The summed E-state index contributed by atoms with van der Waals surface area (Å²) in [5, 5.41) is 0. The van der Waals surface area contributed by atoms with Gasteiger partial charge >= 0.3 is 0 Å². The fourth-order valence-corrected chi connectivity index (χ4v) is 2.00. The van der Waals surface area contributed by atoms with Gasteiger partial charge in [-0.25, -0.2) is 0 Å². The van der Waals surface area contributed by atoms with Crippen molar-refractivity contribution in [1.29, 1.82) is 0 Å². The Bertz CT molecular complexity index is 176. The summed E-state index contributed by atoms with van der Waals surface area (Å²) in [6.45, 7) is 1.50.